The summed E-state index contributed by atoms with van der Waals surface area (Å²) < 4.78 is 4.88. The molecule has 6 nitrogen and oxygen atoms in total. The summed E-state index contributed by atoms with van der Waals surface area (Å²) in [6.45, 7) is 0.562. The SMILES string of the molecule is COCCCC(N)C(=O)Nc1sccc1C(N)=O. The summed E-state index contributed by atoms with van der Waals surface area (Å²) >= 11 is 1.24. The van der Waals surface area contributed by atoms with E-state index in [1.807, 2.05) is 0 Å². The quantitative estimate of drug-likeness (QED) is 0.629. The van der Waals surface area contributed by atoms with Crippen LogP contribution in [-0.4, -0.2) is 31.6 Å². The van der Waals surface area contributed by atoms with Crippen molar-refractivity contribution < 1.29 is 14.3 Å². The number of nitrogens with two attached hydrogens (primary N) is 2. The molecule has 0 saturated heterocycles. The van der Waals surface area contributed by atoms with E-state index in [0.29, 0.717) is 30.0 Å². The predicted molar refractivity (Wildman–Crippen MR) is 70.6 cm³/mol. The largest absolute Gasteiger partial charge is 0.385 e. The molecule has 100 valence electrons. The van der Waals surface area contributed by atoms with Gasteiger partial charge in [0, 0.05) is 13.7 Å². The molecule has 1 heterocycles. The van der Waals surface area contributed by atoms with Crippen LogP contribution in [0.15, 0.2) is 11.4 Å². The summed E-state index contributed by atoms with van der Waals surface area (Å²) in [7, 11) is 1.59. The highest BCUT2D eigenvalue weighted by molar-refractivity contribution is 7.14. The lowest BCUT2D eigenvalue weighted by Crippen LogP contribution is -2.36. The Labute approximate surface area is 109 Å². The molecule has 1 atom stereocenters. The van der Waals surface area contributed by atoms with Crippen molar-refractivity contribution in [2.24, 2.45) is 11.5 Å². The van der Waals surface area contributed by atoms with Gasteiger partial charge in [0.05, 0.1) is 11.6 Å². The van der Waals surface area contributed by atoms with Crippen molar-refractivity contribution in [3.8, 4) is 0 Å². The van der Waals surface area contributed by atoms with Crippen LogP contribution in [0.5, 0.6) is 0 Å². The van der Waals surface area contributed by atoms with Gasteiger partial charge in [-0.1, -0.05) is 0 Å². The van der Waals surface area contributed by atoms with Gasteiger partial charge in [-0.15, -0.1) is 11.3 Å². The van der Waals surface area contributed by atoms with E-state index in [9.17, 15) is 9.59 Å². The molecule has 0 bridgehead atoms. The molecular formula is C11H17N3O3S. The molecule has 0 aliphatic carbocycles. The third-order valence-electron chi connectivity index (χ3n) is 2.37. The number of primary amides is 1. The number of amides is 2. The van der Waals surface area contributed by atoms with Gasteiger partial charge in [-0.2, -0.15) is 0 Å². The fourth-order valence-corrected chi connectivity index (χ4v) is 2.18. The Morgan fingerprint density at radius 1 is 1.56 bits per heavy atom. The summed E-state index contributed by atoms with van der Waals surface area (Å²) in [6, 6.07) is 0.946. The van der Waals surface area contributed by atoms with Gasteiger partial charge < -0.3 is 21.5 Å². The second-order valence-electron chi connectivity index (χ2n) is 3.76. The van der Waals surface area contributed by atoms with Crippen LogP contribution in [0.25, 0.3) is 0 Å². The van der Waals surface area contributed by atoms with Crippen LogP contribution in [-0.2, 0) is 9.53 Å². The summed E-state index contributed by atoms with van der Waals surface area (Å²) in [6.07, 6.45) is 1.23. The minimum Gasteiger partial charge on any atom is -0.385 e. The number of hydrogen-bond donors (Lipinski definition) is 3. The normalized spacial score (nSPS) is 12.1. The van der Waals surface area contributed by atoms with E-state index in [0.717, 1.165) is 0 Å². The number of carbonyl (C=O) groups excluding carboxylic acids is 2. The molecule has 1 rings (SSSR count). The van der Waals surface area contributed by atoms with E-state index in [1.165, 1.54) is 11.3 Å². The monoisotopic (exact) mass is 271 g/mol. The van der Waals surface area contributed by atoms with Gasteiger partial charge in [0.15, 0.2) is 0 Å². The van der Waals surface area contributed by atoms with E-state index in [2.05, 4.69) is 5.32 Å². The summed E-state index contributed by atoms with van der Waals surface area (Å²) in [5.41, 5.74) is 11.2. The summed E-state index contributed by atoms with van der Waals surface area (Å²) in [5.74, 6) is -0.893. The van der Waals surface area contributed by atoms with Crippen LogP contribution in [0.1, 0.15) is 23.2 Å². The molecule has 1 unspecified atom stereocenters. The molecule has 7 heteroatoms. The molecule has 1 aromatic heterocycles. The van der Waals surface area contributed by atoms with Crippen molar-refractivity contribution in [1.29, 1.82) is 0 Å². The molecule has 0 fully saturated rings. The van der Waals surface area contributed by atoms with Gasteiger partial charge in [0.25, 0.3) is 5.91 Å². The Balaban J connectivity index is 2.53. The van der Waals surface area contributed by atoms with Gasteiger partial charge in [-0.05, 0) is 24.3 Å². The molecule has 2 amide bonds. The zero-order chi connectivity index (χ0) is 13.5. The van der Waals surface area contributed by atoms with Crippen LogP contribution in [0, 0.1) is 0 Å². The molecule has 0 radical (unpaired) electrons. The van der Waals surface area contributed by atoms with E-state index < -0.39 is 11.9 Å². The zero-order valence-electron chi connectivity index (χ0n) is 10.1. The molecule has 5 N–H and O–H groups in total. The average Bonchev–Trinajstić information content (AvgIpc) is 2.77. The van der Waals surface area contributed by atoms with E-state index >= 15 is 0 Å². The summed E-state index contributed by atoms with van der Waals surface area (Å²) in [5, 5.41) is 4.74. The van der Waals surface area contributed by atoms with Crippen molar-refractivity contribution in [3.05, 3.63) is 17.0 Å². The van der Waals surface area contributed by atoms with Crippen LogP contribution in [0.4, 0.5) is 5.00 Å². The molecule has 0 aliphatic heterocycles. The van der Waals surface area contributed by atoms with Crippen molar-refractivity contribution in [1.82, 2.24) is 0 Å². The van der Waals surface area contributed by atoms with Gasteiger partial charge in [0.2, 0.25) is 5.91 Å². The number of methoxy groups -OCH3 is 1. The van der Waals surface area contributed by atoms with Crippen LogP contribution in [0.3, 0.4) is 0 Å². The molecule has 1 aromatic rings. The molecule has 0 aromatic carbocycles. The predicted octanol–water partition coefficient (Wildman–Crippen LogP) is 0.539. The van der Waals surface area contributed by atoms with Gasteiger partial charge in [-0.25, -0.2) is 0 Å². The highest BCUT2D eigenvalue weighted by atomic mass is 32.1. The molecule has 18 heavy (non-hydrogen) atoms. The summed E-state index contributed by atoms with van der Waals surface area (Å²) in [4.78, 5) is 22.8. The molecule has 0 aliphatic rings. The minimum atomic E-state index is -0.622. The number of hydrogen-bond acceptors (Lipinski definition) is 5. The maximum absolute atomic E-state index is 11.8. The molecular weight excluding hydrogens is 254 g/mol. The van der Waals surface area contributed by atoms with Crippen LogP contribution in [0.2, 0.25) is 0 Å². The molecule has 0 saturated carbocycles. The standard InChI is InChI=1S/C11H17N3O3S/c1-17-5-2-3-8(12)10(16)14-11-7(9(13)15)4-6-18-11/h4,6,8H,2-3,5,12H2,1H3,(H2,13,15)(H,14,16). The van der Waals surface area contributed by atoms with Crippen LogP contribution >= 0.6 is 11.3 Å². The van der Waals surface area contributed by atoms with Gasteiger partial charge in [0.1, 0.15) is 5.00 Å². The van der Waals surface area contributed by atoms with Crippen molar-refractivity contribution in [2.75, 3.05) is 19.0 Å². The van der Waals surface area contributed by atoms with Crippen molar-refractivity contribution >= 4 is 28.2 Å². The Bertz CT molecular complexity index is 419. The number of thiophene rings is 1. The lowest BCUT2D eigenvalue weighted by Gasteiger charge is -2.11. The van der Waals surface area contributed by atoms with Gasteiger partial charge >= 0.3 is 0 Å². The number of rotatable bonds is 7. The number of nitrogens with one attached hydrogen (secondary N) is 1. The minimum absolute atomic E-state index is 0.303. The highest BCUT2D eigenvalue weighted by Crippen LogP contribution is 2.22. The number of ether oxygens (including phenoxy) is 1. The average molecular weight is 271 g/mol. The first-order chi connectivity index (χ1) is 8.56. The molecule has 0 spiro atoms. The van der Waals surface area contributed by atoms with Gasteiger partial charge in [-0.3, -0.25) is 9.59 Å². The van der Waals surface area contributed by atoms with E-state index in [4.69, 9.17) is 16.2 Å². The smallest absolute Gasteiger partial charge is 0.251 e. The fraction of sp³-hybridized carbons (Fsp3) is 0.455. The topological polar surface area (TPSA) is 107 Å². The maximum atomic E-state index is 11.8. The first kappa shape index (κ1) is 14.6. The number of anilines is 1. The second-order valence-corrected chi connectivity index (χ2v) is 4.67. The first-order valence-electron chi connectivity index (χ1n) is 5.49. The lowest BCUT2D eigenvalue weighted by atomic mass is 10.1. The Kier molecular flexibility index (Phi) is 5.76. The van der Waals surface area contributed by atoms with Crippen molar-refractivity contribution in [3.63, 3.8) is 0 Å². The third kappa shape index (κ3) is 4.10. The number of carbonyl (C=O) groups is 2. The first-order valence-corrected chi connectivity index (χ1v) is 6.37. The maximum Gasteiger partial charge on any atom is 0.251 e. The highest BCUT2D eigenvalue weighted by Gasteiger charge is 2.17. The third-order valence-corrected chi connectivity index (χ3v) is 3.20. The van der Waals surface area contributed by atoms with E-state index in [1.54, 1.807) is 18.6 Å². The van der Waals surface area contributed by atoms with Crippen LogP contribution < -0.4 is 16.8 Å². The van der Waals surface area contributed by atoms with Crippen molar-refractivity contribution in [2.45, 2.75) is 18.9 Å². The lowest BCUT2D eigenvalue weighted by molar-refractivity contribution is -0.117. The van der Waals surface area contributed by atoms with E-state index in [-0.39, 0.29) is 5.91 Å². The Morgan fingerprint density at radius 3 is 2.89 bits per heavy atom. The Hall–Kier alpha value is -1.44. The Morgan fingerprint density at radius 2 is 2.28 bits per heavy atom. The zero-order valence-corrected chi connectivity index (χ0v) is 11.0. The fourth-order valence-electron chi connectivity index (χ4n) is 1.38. The second kappa shape index (κ2) is 7.10.